The fourth-order valence-corrected chi connectivity index (χ4v) is 1.26. The summed E-state index contributed by atoms with van der Waals surface area (Å²) in [7, 11) is 4.07. The van der Waals surface area contributed by atoms with E-state index in [1.54, 1.807) is 0 Å². The molecule has 9 heavy (non-hydrogen) atoms. The maximum atomic E-state index is 3.18. The SMILES string of the molecule is CNN[C@H]1CCN(C)C1. The predicted octanol–water partition coefficient (Wildman–Crippen LogP) is -0.585. The van der Waals surface area contributed by atoms with Gasteiger partial charge in [-0.2, -0.15) is 0 Å². The van der Waals surface area contributed by atoms with E-state index in [1.807, 2.05) is 7.05 Å². The number of nitrogens with zero attached hydrogens (tertiary/aromatic N) is 1. The highest BCUT2D eigenvalue weighted by Gasteiger charge is 2.17. The van der Waals surface area contributed by atoms with Crippen LogP contribution in [-0.4, -0.2) is 38.1 Å². The number of nitrogens with one attached hydrogen (secondary N) is 2. The molecule has 1 rings (SSSR count). The molecule has 0 saturated carbocycles. The summed E-state index contributed by atoms with van der Waals surface area (Å²) in [6.45, 7) is 2.39. The van der Waals surface area contributed by atoms with Crippen LogP contribution in [0.5, 0.6) is 0 Å². The van der Waals surface area contributed by atoms with E-state index in [0.29, 0.717) is 6.04 Å². The van der Waals surface area contributed by atoms with Gasteiger partial charge in [0.05, 0.1) is 0 Å². The summed E-state index contributed by atoms with van der Waals surface area (Å²) in [5.41, 5.74) is 6.14. The lowest BCUT2D eigenvalue weighted by Crippen LogP contribution is -2.39. The Morgan fingerprint density at radius 1 is 1.56 bits per heavy atom. The Bertz CT molecular complexity index is 82.4. The monoisotopic (exact) mass is 129 g/mol. The van der Waals surface area contributed by atoms with Gasteiger partial charge in [0, 0.05) is 12.6 Å². The summed E-state index contributed by atoms with van der Waals surface area (Å²) in [4.78, 5) is 2.33. The zero-order valence-corrected chi connectivity index (χ0v) is 6.15. The predicted molar refractivity (Wildman–Crippen MR) is 38.1 cm³/mol. The molecule has 3 heteroatoms. The number of hydrazine groups is 1. The van der Waals surface area contributed by atoms with Crippen molar-refractivity contribution in [3.05, 3.63) is 0 Å². The first kappa shape index (κ1) is 6.99. The van der Waals surface area contributed by atoms with Crippen LogP contribution in [0.25, 0.3) is 0 Å². The first-order chi connectivity index (χ1) is 4.33. The number of hydrogen-bond donors (Lipinski definition) is 2. The van der Waals surface area contributed by atoms with Crippen molar-refractivity contribution in [2.75, 3.05) is 27.2 Å². The Balaban J connectivity index is 2.14. The van der Waals surface area contributed by atoms with Crippen LogP contribution in [0.2, 0.25) is 0 Å². The second kappa shape index (κ2) is 3.15. The lowest BCUT2D eigenvalue weighted by Gasteiger charge is -2.10. The van der Waals surface area contributed by atoms with E-state index in [9.17, 15) is 0 Å². The number of hydrogen-bond acceptors (Lipinski definition) is 3. The third-order valence-electron chi connectivity index (χ3n) is 1.74. The molecule has 3 nitrogen and oxygen atoms in total. The molecule has 0 radical (unpaired) electrons. The van der Waals surface area contributed by atoms with Crippen LogP contribution in [-0.2, 0) is 0 Å². The molecule has 0 aromatic carbocycles. The van der Waals surface area contributed by atoms with Crippen molar-refractivity contribution in [2.45, 2.75) is 12.5 Å². The maximum absolute atomic E-state index is 3.18. The molecule has 1 aliphatic heterocycles. The highest BCUT2D eigenvalue weighted by Crippen LogP contribution is 2.04. The van der Waals surface area contributed by atoms with Gasteiger partial charge in [-0.15, -0.1) is 0 Å². The molecule has 0 bridgehead atoms. The number of rotatable bonds is 2. The summed E-state index contributed by atoms with van der Waals surface area (Å²) in [6.07, 6.45) is 1.26. The zero-order chi connectivity index (χ0) is 6.69. The summed E-state index contributed by atoms with van der Waals surface area (Å²) < 4.78 is 0. The van der Waals surface area contributed by atoms with Gasteiger partial charge in [-0.25, -0.2) is 0 Å². The van der Waals surface area contributed by atoms with Gasteiger partial charge >= 0.3 is 0 Å². The van der Waals surface area contributed by atoms with E-state index in [-0.39, 0.29) is 0 Å². The summed E-state index contributed by atoms with van der Waals surface area (Å²) in [5, 5.41) is 0. The highest BCUT2D eigenvalue weighted by molar-refractivity contribution is 4.76. The number of likely N-dealkylation sites (tertiary alicyclic amines) is 1. The molecule has 0 aromatic heterocycles. The lowest BCUT2D eigenvalue weighted by molar-refractivity contribution is 0.388. The minimum atomic E-state index is 0.653. The molecule has 1 atom stereocenters. The Kier molecular flexibility index (Phi) is 2.45. The maximum Gasteiger partial charge on any atom is 0.0352 e. The molecule has 2 N–H and O–H groups in total. The van der Waals surface area contributed by atoms with Crippen molar-refractivity contribution in [3.8, 4) is 0 Å². The van der Waals surface area contributed by atoms with Crippen LogP contribution in [0.4, 0.5) is 0 Å². The second-order valence-electron chi connectivity index (χ2n) is 2.64. The highest BCUT2D eigenvalue weighted by atomic mass is 15.4. The lowest BCUT2D eigenvalue weighted by atomic mass is 10.3. The van der Waals surface area contributed by atoms with E-state index in [2.05, 4.69) is 22.8 Å². The van der Waals surface area contributed by atoms with Crippen molar-refractivity contribution >= 4 is 0 Å². The zero-order valence-electron chi connectivity index (χ0n) is 6.15. The Labute approximate surface area is 56.4 Å². The summed E-state index contributed by atoms with van der Waals surface area (Å²) in [5.74, 6) is 0. The molecule has 1 aliphatic rings. The minimum absolute atomic E-state index is 0.653. The molecule has 1 heterocycles. The van der Waals surface area contributed by atoms with Crippen molar-refractivity contribution in [1.29, 1.82) is 0 Å². The Morgan fingerprint density at radius 2 is 2.33 bits per heavy atom. The molecule has 54 valence electrons. The molecule has 0 unspecified atom stereocenters. The molecular formula is C6H15N3. The topological polar surface area (TPSA) is 27.3 Å². The molecule has 0 aliphatic carbocycles. The molecule has 0 amide bonds. The van der Waals surface area contributed by atoms with Crippen LogP contribution in [0.3, 0.4) is 0 Å². The standard InChI is InChI=1S/C6H15N3/c1-7-8-6-3-4-9(2)5-6/h6-8H,3-5H2,1-2H3/t6-/m0/s1. The molecule has 1 fully saturated rings. The van der Waals surface area contributed by atoms with Crippen LogP contribution in [0.1, 0.15) is 6.42 Å². The van der Waals surface area contributed by atoms with Gasteiger partial charge < -0.3 is 4.90 Å². The van der Waals surface area contributed by atoms with E-state index in [0.717, 1.165) is 0 Å². The van der Waals surface area contributed by atoms with Crippen molar-refractivity contribution < 1.29 is 0 Å². The van der Waals surface area contributed by atoms with E-state index < -0.39 is 0 Å². The largest absolute Gasteiger partial charge is 0.305 e. The summed E-state index contributed by atoms with van der Waals surface area (Å²) >= 11 is 0. The average molecular weight is 129 g/mol. The fraction of sp³-hybridized carbons (Fsp3) is 1.00. The quantitative estimate of drug-likeness (QED) is 0.488. The van der Waals surface area contributed by atoms with Crippen LogP contribution >= 0.6 is 0 Å². The van der Waals surface area contributed by atoms with Gasteiger partial charge in [0.2, 0.25) is 0 Å². The second-order valence-corrected chi connectivity index (χ2v) is 2.64. The third-order valence-corrected chi connectivity index (χ3v) is 1.74. The van der Waals surface area contributed by atoms with E-state index in [4.69, 9.17) is 0 Å². The van der Waals surface area contributed by atoms with Crippen LogP contribution in [0.15, 0.2) is 0 Å². The Morgan fingerprint density at radius 3 is 2.78 bits per heavy atom. The molecule has 1 saturated heterocycles. The normalized spacial score (nSPS) is 29.3. The first-order valence-electron chi connectivity index (χ1n) is 3.43. The number of likely N-dealkylation sites (N-methyl/N-ethyl adjacent to an activating group) is 1. The molecular weight excluding hydrogens is 114 g/mol. The fourth-order valence-electron chi connectivity index (χ4n) is 1.26. The van der Waals surface area contributed by atoms with Gasteiger partial charge in [0.15, 0.2) is 0 Å². The Hall–Kier alpha value is -0.120. The van der Waals surface area contributed by atoms with Crippen LogP contribution in [0, 0.1) is 0 Å². The van der Waals surface area contributed by atoms with Crippen LogP contribution < -0.4 is 10.9 Å². The minimum Gasteiger partial charge on any atom is -0.305 e. The van der Waals surface area contributed by atoms with Crippen molar-refractivity contribution in [2.24, 2.45) is 0 Å². The van der Waals surface area contributed by atoms with E-state index >= 15 is 0 Å². The van der Waals surface area contributed by atoms with Crippen molar-refractivity contribution in [1.82, 2.24) is 15.8 Å². The first-order valence-corrected chi connectivity index (χ1v) is 3.43. The van der Waals surface area contributed by atoms with Gasteiger partial charge in [-0.05, 0) is 27.1 Å². The van der Waals surface area contributed by atoms with Gasteiger partial charge in [0.25, 0.3) is 0 Å². The third kappa shape index (κ3) is 1.93. The van der Waals surface area contributed by atoms with Gasteiger partial charge in [-0.3, -0.25) is 10.9 Å². The summed E-state index contributed by atoms with van der Waals surface area (Å²) in [6, 6.07) is 0.653. The van der Waals surface area contributed by atoms with Crippen molar-refractivity contribution in [3.63, 3.8) is 0 Å². The molecule has 0 spiro atoms. The van der Waals surface area contributed by atoms with E-state index in [1.165, 1.54) is 19.5 Å². The average Bonchev–Trinajstić information content (AvgIpc) is 2.17. The molecule has 0 aromatic rings. The smallest absolute Gasteiger partial charge is 0.0352 e. The van der Waals surface area contributed by atoms with Gasteiger partial charge in [0.1, 0.15) is 0 Å². The van der Waals surface area contributed by atoms with Gasteiger partial charge in [-0.1, -0.05) is 0 Å².